The van der Waals surface area contributed by atoms with Gasteiger partial charge in [-0.3, -0.25) is 0 Å². The number of aliphatic hydroxyl groups is 1. The van der Waals surface area contributed by atoms with Gasteiger partial charge >= 0.3 is 0 Å². The third-order valence-corrected chi connectivity index (χ3v) is 4.24. The highest BCUT2D eigenvalue weighted by atomic mass is 32.2. The van der Waals surface area contributed by atoms with E-state index in [0.29, 0.717) is 22.4 Å². The Morgan fingerprint density at radius 1 is 1.29 bits per heavy atom. The molecule has 21 heavy (non-hydrogen) atoms. The van der Waals surface area contributed by atoms with E-state index >= 15 is 0 Å². The molecule has 0 aliphatic heterocycles. The summed E-state index contributed by atoms with van der Waals surface area (Å²) >= 11 is 1.32. The summed E-state index contributed by atoms with van der Waals surface area (Å²) in [6.45, 7) is 5.70. The van der Waals surface area contributed by atoms with Gasteiger partial charge in [0.25, 0.3) is 0 Å². The minimum absolute atomic E-state index is 0.190. The molecule has 1 aromatic carbocycles. The number of hydrogen-bond donors (Lipinski definition) is 1. The maximum atomic E-state index is 13.5. The zero-order valence-electron chi connectivity index (χ0n) is 12.3. The Morgan fingerprint density at radius 2 is 2.00 bits per heavy atom. The zero-order chi connectivity index (χ0) is 15.4. The largest absolute Gasteiger partial charge is 0.393 e. The minimum atomic E-state index is -0.558. The number of hydrogen-bond acceptors (Lipinski definition) is 5. The van der Waals surface area contributed by atoms with Crippen molar-refractivity contribution in [3.05, 3.63) is 41.8 Å². The van der Waals surface area contributed by atoms with Crippen LogP contribution in [0.5, 0.6) is 0 Å². The number of benzene rings is 1. The second-order valence-corrected chi connectivity index (χ2v) is 6.30. The van der Waals surface area contributed by atoms with E-state index in [4.69, 9.17) is 4.52 Å². The van der Waals surface area contributed by atoms with E-state index in [-0.39, 0.29) is 17.7 Å². The molecule has 2 atom stereocenters. The van der Waals surface area contributed by atoms with E-state index in [1.807, 2.05) is 13.8 Å². The molecule has 2 rings (SSSR count). The first-order chi connectivity index (χ1) is 9.99. The molecule has 0 fully saturated rings. The summed E-state index contributed by atoms with van der Waals surface area (Å²) in [4.78, 5) is 4.87. The van der Waals surface area contributed by atoms with Crippen LogP contribution in [0.3, 0.4) is 0 Å². The molecule has 0 spiro atoms. The molecule has 0 aliphatic rings. The molecule has 4 nitrogen and oxygen atoms in total. The van der Waals surface area contributed by atoms with Crippen molar-refractivity contribution in [1.29, 1.82) is 0 Å². The van der Waals surface area contributed by atoms with Gasteiger partial charge in [0.05, 0.1) is 17.8 Å². The van der Waals surface area contributed by atoms with Crippen LogP contribution in [0.25, 0.3) is 0 Å². The Kier molecular flexibility index (Phi) is 5.36. The van der Waals surface area contributed by atoms with Crippen LogP contribution in [-0.2, 0) is 5.75 Å². The monoisotopic (exact) mass is 310 g/mol. The van der Waals surface area contributed by atoms with Gasteiger partial charge in [0, 0.05) is 4.90 Å². The van der Waals surface area contributed by atoms with Gasteiger partial charge < -0.3 is 9.63 Å². The predicted molar refractivity (Wildman–Crippen MR) is 79.5 cm³/mol. The molecule has 114 valence electrons. The van der Waals surface area contributed by atoms with Crippen molar-refractivity contribution in [2.75, 3.05) is 0 Å². The Hall–Kier alpha value is -1.40. The lowest BCUT2D eigenvalue weighted by Crippen LogP contribution is -2.20. The summed E-state index contributed by atoms with van der Waals surface area (Å²) in [5.74, 6) is 1.11. The van der Waals surface area contributed by atoms with Crippen molar-refractivity contribution in [2.45, 2.75) is 43.4 Å². The van der Waals surface area contributed by atoms with Gasteiger partial charge in [0.15, 0.2) is 5.82 Å². The fraction of sp³-hybridized carbons (Fsp3) is 0.467. The molecule has 1 N–H and O–H groups in total. The molecule has 0 aliphatic carbocycles. The summed E-state index contributed by atoms with van der Waals surface area (Å²) < 4.78 is 18.8. The zero-order valence-corrected chi connectivity index (χ0v) is 13.1. The molecule has 1 aromatic heterocycles. The van der Waals surface area contributed by atoms with Crippen molar-refractivity contribution in [3.8, 4) is 0 Å². The minimum Gasteiger partial charge on any atom is -0.393 e. The average Bonchev–Trinajstić information content (AvgIpc) is 2.85. The first kappa shape index (κ1) is 16.0. The predicted octanol–water partition coefficient (Wildman–Crippen LogP) is 3.62. The molecule has 1 heterocycles. The highest BCUT2D eigenvalue weighted by Crippen LogP contribution is 2.28. The lowest BCUT2D eigenvalue weighted by atomic mass is 9.91. The van der Waals surface area contributed by atoms with Gasteiger partial charge in [-0.05, 0) is 25.0 Å². The fourth-order valence-electron chi connectivity index (χ4n) is 2.21. The number of nitrogens with zero attached hydrogens (tertiary/aromatic N) is 2. The van der Waals surface area contributed by atoms with Crippen LogP contribution in [0.15, 0.2) is 33.7 Å². The average molecular weight is 310 g/mol. The highest BCUT2D eigenvalue weighted by molar-refractivity contribution is 7.98. The van der Waals surface area contributed by atoms with Crippen LogP contribution >= 0.6 is 11.8 Å². The van der Waals surface area contributed by atoms with Crippen molar-refractivity contribution in [3.63, 3.8) is 0 Å². The van der Waals surface area contributed by atoms with E-state index in [1.165, 1.54) is 17.8 Å². The van der Waals surface area contributed by atoms with Crippen LogP contribution in [-0.4, -0.2) is 21.4 Å². The van der Waals surface area contributed by atoms with E-state index in [0.717, 1.165) is 0 Å². The van der Waals surface area contributed by atoms with E-state index in [2.05, 4.69) is 10.1 Å². The quantitative estimate of drug-likeness (QED) is 0.826. The summed E-state index contributed by atoms with van der Waals surface area (Å²) in [7, 11) is 0. The maximum absolute atomic E-state index is 13.5. The Morgan fingerprint density at radius 3 is 2.62 bits per heavy atom. The molecular weight excluding hydrogens is 291 g/mol. The summed E-state index contributed by atoms with van der Waals surface area (Å²) in [5.41, 5.74) is 0. The van der Waals surface area contributed by atoms with Gasteiger partial charge in [-0.25, -0.2) is 4.39 Å². The summed E-state index contributed by atoms with van der Waals surface area (Å²) in [6.07, 6.45) is -0.558. The van der Waals surface area contributed by atoms with Crippen LogP contribution < -0.4 is 0 Å². The van der Waals surface area contributed by atoms with Crippen molar-refractivity contribution in [2.24, 2.45) is 5.92 Å². The first-order valence-electron chi connectivity index (χ1n) is 6.87. The highest BCUT2D eigenvalue weighted by Gasteiger charge is 2.27. The SMILES string of the molecule is CC(C)C(c1nc(CSc2ccccc2F)no1)C(C)O. The summed E-state index contributed by atoms with van der Waals surface area (Å²) in [6, 6.07) is 6.58. The molecule has 0 radical (unpaired) electrons. The molecule has 2 unspecified atom stereocenters. The number of rotatable bonds is 6. The third kappa shape index (κ3) is 4.04. The van der Waals surface area contributed by atoms with Gasteiger partial charge in [-0.2, -0.15) is 4.98 Å². The third-order valence-electron chi connectivity index (χ3n) is 3.20. The van der Waals surface area contributed by atoms with Gasteiger partial charge in [-0.1, -0.05) is 31.1 Å². The molecule has 6 heteroatoms. The Balaban J connectivity index is 2.05. The van der Waals surface area contributed by atoms with Gasteiger partial charge in [-0.15, -0.1) is 11.8 Å². The Bertz CT molecular complexity index is 579. The van der Waals surface area contributed by atoms with E-state index in [1.54, 1.807) is 25.1 Å². The van der Waals surface area contributed by atoms with Crippen LogP contribution in [0.2, 0.25) is 0 Å². The topological polar surface area (TPSA) is 59.2 Å². The molecule has 0 bridgehead atoms. The number of aliphatic hydroxyl groups excluding tert-OH is 1. The standard InChI is InChI=1S/C15H19FN2O2S/c1-9(2)14(10(3)19)15-17-13(18-20-15)8-21-12-7-5-4-6-11(12)16/h4-7,9-10,14,19H,8H2,1-3H3. The van der Waals surface area contributed by atoms with Crippen LogP contribution in [0.1, 0.15) is 38.4 Å². The molecule has 0 saturated carbocycles. The van der Waals surface area contributed by atoms with Crippen molar-refractivity contribution >= 4 is 11.8 Å². The number of halogens is 1. The molecule has 2 aromatic rings. The second-order valence-electron chi connectivity index (χ2n) is 5.28. The van der Waals surface area contributed by atoms with Gasteiger partial charge in [0.1, 0.15) is 5.82 Å². The Labute approximate surface area is 127 Å². The maximum Gasteiger partial charge on any atom is 0.232 e. The number of thioether (sulfide) groups is 1. The molecule has 0 saturated heterocycles. The fourth-order valence-corrected chi connectivity index (χ4v) is 3.00. The lowest BCUT2D eigenvalue weighted by molar-refractivity contribution is 0.120. The van der Waals surface area contributed by atoms with Crippen molar-refractivity contribution in [1.82, 2.24) is 10.1 Å². The number of aromatic nitrogens is 2. The summed E-state index contributed by atoms with van der Waals surface area (Å²) in [5, 5.41) is 13.7. The van der Waals surface area contributed by atoms with E-state index in [9.17, 15) is 9.50 Å². The molecular formula is C15H19FN2O2S. The van der Waals surface area contributed by atoms with Gasteiger partial charge in [0.2, 0.25) is 5.89 Å². The van der Waals surface area contributed by atoms with Crippen LogP contribution in [0, 0.1) is 11.7 Å². The second kappa shape index (κ2) is 7.04. The van der Waals surface area contributed by atoms with Crippen LogP contribution in [0.4, 0.5) is 4.39 Å². The molecule has 0 amide bonds. The normalized spacial score (nSPS) is 14.4. The smallest absolute Gasteiger partial charge is 0.232 e. The first-order valence-corrected chi connectivity index (χ1v) is 7.85. The lowest BCUT2D eigenvalue weighted by Gasteiger charge is -2.19. The van der Waals surface area contributed by atoms with Crippen molar-refractivity contribution < 1.29 is 14.0 Å². The van der Waals surface area contributed by atoms with E-state index < -0.39 is 6.10 Å².